The van der Waals surface area contributed by atoms with Gasteiger partial charge in [0.25, 0.3) is 0 Å². The number of nitrogens with zero attached hydrogens (tertiary/aromatic N) is 2. The Morgan fingerprint density at radius 2 is 2.00 bits per heavy atom. The molecule has 8 heteroatoms. The van der Waals surface area contributed by atoms with Crippen LogP contribution in [0.5, 0.6) is 5.75 Å². The number of carbonyl (C=O) groups excluding carboxylic acids is 1. The molecule has 2 aromatic carbocycles. The van der Waals surface area contributed by atoms with Crippen LogP contribution >= 0.6 is 11.6 Å². The molecule has 0 aliphatic carbocycles. The van der Waals surface area contributed by atoms with Gasteiger partial charge in [0.2, 0.25) is 0 Å². The number of carbonyl (C=O) groups is 1. The van der Waals surface area contributed by atoms with E-state index in [2.05, 4.69) is 20.0 Å². The second kappa shape index (κ2) is 9.52. The third-order valence-corrected chi connectivity index (χ3v) is 4.81. The van der Waals surface area contributed by atoms with Crippen LogP contribution in [0.25, 0.3) is 10.9 Å². The fraction of sp³-hybridized carbons (Fsp3) is 0.286. The molecule has 1 N–H and O–H groups in total. The first kappa shape index (κ1) is 20.8. The van der Waals surface area contributed by atoms with E-state index in [1.165, 1.54) is 25.6 Å². The summed E-state index contributed by atoms with van der Waals surface area (Å²) in [4.78, 5) is 19.9. The first-order chi connectivity index (χ1) is 14.0. The summed E-state index contributed by atoms with van der Waals surface area (Å²) >= 11 is 5.87. The van der Waals surface area contributed by atoms with Gasteiger partial charge >= 0.3 is 5.97 Å². The summed E-state index contributed by atoms with van der Waals surface area (Å²) in [5, 5.41) is 4.00. The second-order valence-electron chi connectivity index (χ2n) is 6.44. The highest BCUT2D eigenvalue weighted by Crippen LogP contribution is 2.31. The predicted molar refractivity (Wildman–Crippen MR) is 110 cm³/mol. The van der Waals surface area contributed by atoms with Crippen LogP contribution in [0, 0.1) is 5.82 Å². The van der Waals surface area contributed by atoms with E-state index in [1.807, 2.05) is 12.1 Å². The Morgan fingerprint density at radius 1 is 1.17 bits per heavy atom. The molecule has 0 saturated carbocycles. The van der Waals surface area contributed by atoms with E-state index >= 15 is 0 Å². The Balaban J connectivity index is 1.87. The minimum absolute atomic E-state index is 0.0290. The van der Waals surface area contributed by atoms with Crippen LogP contribution in [0.15, 0.2) is 36.7 Å². The van der Waals surface area contributed by atoms with Crippen molar-refractivity contribution in [1.29, 1.82) is 0 Å². The number of rotatable bonds is 8. The SMILES string of the molecule is COC(=O)CCCCc1cc2c(Nc3ccc(F)c(Cl)c3)ncnc2cc1OC. The molecule has 3 rings (SSSR count). The molecule has 0 aliphatic heterocycles. The van der Waals surface area contributed by atoms with E-state index in [0.717, 1.165) is 36.0 Å². The van der Waals surface area contributed by atoms with Gasteiger partial charge < -0.3 is 14.8 Å². The molecule has 0 spiro atoms. The maximum atomic E-state index is 13.4. The molecule has 6 nitrogen and oxygen atoms in total. The summed E-state index contributed by atoms with van der Waals surface area (Å²) < 4.78 is 23.6. The molecule has 0 radical (unpaired) electrons. The molecule has 152 valence electrons. The Kier molecular flexibility index (Phi) is 6.82. The van der Waals surface area contributed by atoms with E-state index in [0.29, 0.717) is 23.4 Å². The summed E-state index contributed by atoms with van der Waals surface area (Å²) in [6.07, 6.45) is 4.09. The standard InChI is InChI=1S/C21H21ClFN3O3/c1-28-19-11-18-15(9-13(19)5-3-4-6-20(27)29-2)21(25-12-24-18)26-14-7-8-17(23)16(22)10-14/h7-12H,3-6H2,1-2H3,(H,24,25,26). The van der Waals surface area contributed by atoms with E-state index in [1.54, 1.807) is 13.2 Å². The third kappa shape index (κ3) is 5.12. The number of ether oxygens (including phenoxy) is 2. The number of hydrogen-bond donors (Lipinski definition) is 1. The van der Waals surface area contributed by atoms with Crippen molar-refractivity contribution in [1.82, 2.24) is 9.97 Å². The highest BCUT2D eigenvalue weighted by atomic mass is 35.5. The van der Waals surface area contributed by atoms with Crippen molar-refractivity contribution in [2.75, 3.05) is 19.5 Å². The number of aromatic nitrogens is 2. The average molecular weight is 418 g/mol. The molecule has 0 saturated heterocycles. The zero-order valence-electron chi connectivity index (χ0n) is 16.2. The number of halogens is 2. The van der Waals surface area contributed by atoms with Crippen molar-refractivity contribution in [3.63, 3.8) is 0 Å². The van der Waals surface area contributed by atoms with Crippen LogP contribution in [0.2, 0.25) is 5.02 Å². The molecule has 29 heavy (non-hydrogen) atoms. The van der Waals surface area contributed by atoms with Crippen LogP contribution in [-0.2, 0) is 16.0 Å². The Morgan fingerprint density at radius 3 is 2.72 bits per heavy atom. The van der Waals surface area contributed by atoms with E-state index < -0.39 is 5.82 Å². The van der Waals surface area contributed by atoms with Crippen LogP contribution in [-0.4, -0.2) is 30.2 Å². The van der Waals surface area contributed by atoms with Gasteiger partial charge in [-0.1, -0.05) is 11.6 Å². The van der Waals surface area contributed by atoms with E-state index in [9.17, 15) is 9.18 Å². The number of fused-ring (bicyclic) bond motifs is 1. The lowest BCUT2D eigenvalue weighted by atomic mass is 10.0. The van der Waals surface area contributed by atoms with Crippen molar-refractivity contribution in [3.05, 3.63) is 53.1 Å². The van der Waals surface area contributed by atoms with Gasteiger partial charge in [-0.15, -0.1) is 0 Å². The van der Waals surface area contributed by atoms with Crippen LogP contribution in [0.3, 0.4) is 0 Å². The number of unbranched alkanes of at least 4 members (excludes halogenated alkanes) is 1. The van der Waals surface area contributed by atoms with Gasteiger partial charge in [0, 0.05) is 23.6 Å². The maximum absolute atomic E-state index is 13.4. The number of anilines is 2. The molecule has 3 aromatic rings. The lowest BCUT2D eigenvalue weighted by Crippen LogP contribution is -2.01. The number of esters is 1. The fourth-order valence-corrected chi connectivity index (χ4v) is 3.19. The first-order valence-corrected chi connectivity index (χ1v) is 9.50. The average Bonchev–Trinajstić information content (AvgIpc) is 2.73. The quantitative estimate of drug-likeness (QED) is 0.408. The summed E-state index contributed by atoms with van der Waals surface area (Å²) in [5.41, 5.74) is 2.32. The number of aryl methyl sites for hydroxylation is 1. The minimum atomic E-state index is -0.483. The highest BCUT2D eigenvalue weighted by Gasteiger charge is 2.12. The van der Waals surface area contributed by atoms with Crippen LogP contribution in [0.1, 0.15) is 24.8 Å². The van der Waals surface area contributed by atoms with Crippen LogP contribution < -0.4 is 10.1 Å². The molecular formula is C21H21ClFN3O3. The fourth-order valence-electron chi connectivity index (χ4n) is 3.01. The molecule has 1 aromatic heterocycles. The van der Waals surface area contributed by atoms with Gasteiger partial charge in [0.1, 0.15) is 23.7 Å². The Labute approximate surface area is 173 Å². The molecule has 0 amide bonds. The number of methoxy groups -OCH3 is 2. The summed E-state index contributed by atoms with van der Waals surface area (Å²) in [6, 6.07) is 8.22. The topological polar surface area (TPSA) is 73.3 Å². The van der Waals surface area contributed by atoms with Gasteiger partial charge in [0.05, 0.1) is 24.8 Å². The monoisotopic (exact) mass is 417 g/mol. The highest BCUT2D eigenvalue weighted by molar-refractivity contribution is 6.31. The van der Waals surface area contributed by atoms with Crippen LogP contribution in [0.4, 0.5) is 15.9 Å². The Hall–Kier alpha value is -2.93. The third-order valence-electron chi connectivity index (χ3n) is 4.52. The second-order valence-corrected chi connectivity index (χ2v) is 6.85. The van der Waals surface area contributed by atoms with E-state index in [-0.39, 0.29) is 11.0 Å². The zero-order valence-corrected chi connectivity index (χ0v) is 16.9. The van der Waals surface area contributed by atoms with Crippen molar-refractivity contribution in [2.45, 2.75) is 25.7 Å². The number of benzene rings is 2. The normalized spacial score (nSPS) is 10.8. The van der Waals surface area contributed by atoms with Gasteiger partial charge in [-0.2, -0.15) is 0 Å². The smallest absolute Gasteiger partial charge is 0.305 e. The molecule has 0 aliphatic rings. The van der Waals surface area contributed by atoms with Gasteiger partial charge in [-0.3, -0.25) is 4.79 Å². The van der Waals surface area contributed by atoms with Crippen molar-refractivity contribution in [2.24, 2.45) is 0 Å². The van der Waals surface area contributed by atoms with Crippen molar-refractivity contribution >= 4 is 40.0 Å². The first-order valence-electron chi connectivity index (χ1n) is 9.12. The van der Waals surface area contributed by atoms with Gasteiger partial charge in [-0.05, 0) is 49.1 Å². The van der Waals surface area contributed by atoms with Gasteiger partial charge in [0.15, 0.2) is 0 Å². The van der Waals surface area contributed by atoms with E-state index in [4.69, 9.17) is 16.3 Å². The summed E-state index contributed by atoms with van der Waals surface area (Å²) in [7, 11) is 3.00. The number of hydrogen-bond acceptors (Lipinski definition) is 6. The lowest BCUT2D eigenvalue weighted by molar-refractivity contribution is -0.140. The molecule has 0 atom stereocenters. The minimum Gasteiger partial charge on any atom is -0.496 e. The van der Waals surface area contributed by atoms with Crippen molar-refractivity contribution < 1.29 is 18.7 Å². The van der Waals surface area contributed by atoms with Crippen molar-refractivity contribution in [3.8, 4) is 5.75 Å². The Bertz CT molecular complexity index is 1030. The zero-order chi connectivity index (χ0) is 20.8. The molecule has 0 unspecified atom stereocenters. The molecule has 0 fully saturated rings. The summed E-state index contributed by atoms with van der Waals surface area (Å²) in [6.45, 7) is 0. The molecular weight excluding hydrogens is 397 g/mol. The summed E-state index contributed by atoms with van der Waals surface area (Å²) in [5.74, 6) is 0.609. The maximum Gasteiger partial charge on any atom is 0.305 e. The largest absolute Gasteiger partial charge is 0.496 e. The lowest BCUT2D eigenvalue weighted by Gasteiger charge is -2.13. The predicted octanol–water partition coefficient (Wildman–Crippen LogP) is 5.06. The molecule has 1 heterocycles. The number of nitrogens with one attached hydrogen (secondary N) is 1. The molecule has 0 bridgehead atoms. The van der Waals surface area contributed by atoms with Gasteiger partial charge in [-0.25, -0.2) is 14.4 Å².